The molecule has 244 valence electrons. The number of alkyl halides is 3. The number of aliphatic hydroxyl groups excluding tert-OH is 1. The van der Waals surface area contributed by atoms with Gasteiger partial charge in [0.25, 0.3) is 5.91 Å². The number of ether oxygens (including phenoxy) is 1. The van der Waals surface area contributed by atoms with E-state index in [2.05, 4.69) is 5.32 Å². The average molecular weight is 637 g/mol. The Morgan fingerprint density at radius 1 is 1.13 bits per heavy atom. The number of nitrogens with zero attached hydrogens (tertiary/aromatic N) is 3. The number of fused-ring (bicyclic) bond motifs is 2. The van der Waals surface area contributed by atoms with Crippen LogP contribution in [-0.2, 0) is 31.0 Å². The number of aromatic nitrogens is 1. The van der Waals surface area contributed by atoms with Crippen molar-refractivity contribution in [3.05, 3.63) is 95.2 Å². The number of hydrogen-bond donors (Lipinski definition) is 2. The van der Waals surface area contributed by atoms with Gasteiger partial charge in [0.2, 0.25) is 5.91 Å². The molecular formula is C35H39F3N4O4. The Labute approximate surface area is 266 Å². The summed E-state index contributed by atoms with van der Waals surface area (Å²) in [6.45, 7) is 4.66. The normalized spacial score (nSPS) is 17.8. The number of amides is 2. The molecule has 0 spiro atoms. The molecule has 0 saturated carbocycles. The van der Waals surface area contributed by atoms with Crippen molar-refractivity contribution in [2.45, 2.75) is 45.1 Å². The molecular weight excluding hydrogens is 597 g/mol. The van der Waals surface area contributed by atoms with E-state index in [0.29, 0.717) is 31.1 Å². The maximum Gasteiger partial charge on any atom is 0.416 e. The number of aliphatic hydroxyl groups is 1. The molecule has 0 aliphatic carbocycles. The molecule has 0 fully saturated rings. The molecule has 3 aromatic carbocycles. The standard InChI is InChI=1S/C35H39F3N4O4/c1-22-17-42(23(2)21-43)34(45)29-16-27(39-33(44)15-25-19-41(4)30-8-6-5-7-28(25)30)13-14-31(29)46-32(22)20-40(3)18-24-9-11-26(12-10-24)35(36,37)38/h5-14,16,19,22-23,32,43H,15,17-18,20-21H2,1-4H3,(H,39,44)/t22-,23-,32-/m1/s1. The van der Waals surface area contributed by atoms with Crippen molar-refractivity contribution in [3.8, 4) is 5.75 Å². The van der Waals surface area contributed by atoms with Crippen LogP contribution < -0.4 is 10.1 Å². The van der Waals surface area contributed by atoms with Crippen LogP contribution in [0.2, 0.25) is 0 Å². The number of nitrogens with one attached hydrogen (secondary N) is 1. The number of hydrogen-bond acceptors (Lipinski definition) is 5. The van der Waals surface area contributed by atoms with Gasteiger partial charge in [-0.1, -0.05) is 37.3 Å². The predicted octanol–water partition coefficient (Wildman–Crippen LogP) is 5.73. The van der Waals surface area contributed by atoms with Gasteiger partial charge in [-0.05, 0) is 61.5 Å². The molecule has 3 atom stereocenters. The summed E-state index contributed by atoms with van der Waals surface area (Å²) in [4.78, 5) is 30.5. The monoisotopic (exact) mass is 636 g/mol. The van der Waals surface area contributed by atoms with Crippen LogP contribution in [0.4, 0.5) is 18.9 Å². The second-order valence-corrected chi connectivity index (χ2v) is 12.2. The molecule has 2 amide bonds. The van der Waals surface area contributed by atoms with Crippen LogP contribution in [0.1, 0.15) is 40.9 Å². The number of halogens is 3. The van der Waals surface area contributed by atoms with Crippen LogP contribution >= 0.6 is 0 Å². The van der Waals surface area contributed by atoms with Crippen LogP contribution in [0.25, 0.3) is 10.9 Å². The fourth-order valence-electron chi connectivity index (χ4n) is 5.95. The van der Waals surface area contributed by atoms with Gasteiger partial charge in [0.1, 0.15) is 11.9 Å². The van der Waals surface area contributed by atoms with Crippen LogP contribution in [0.5, 0.6) is 5.75 Å². The van der Waals surface area contributed by atoms with E-state index < -0.39 is 17.8 Å². The average Bonchev–Trinajstić information content (AvgIpc) is 3.33. The number of likely N-dealkylation sites (N-methyl/N-ethyl adjacent to an activating group) is 1. The zero-order valence-electron chi connectivity index (χ0n) is 26.3. The predicted molar refractivity (Wildman–Crippen MR) is 171 cm³/mol. The van der Waals surface area contributed by atoms with Crippen LogP contribution in [-0.4, -0.2) is 70.2 Å². The van der Waals surface area contributed by atoms with Gasteiger partial charge in [-0.2, -0.15) is 13.2 Å². The third kappa shape index (κ3) is 7.37. The minimum absolute atomic E-state index is 0.138. The van der Waals surface area contributed by atoms with Gasteiger partial charge in [0, 0.05) is 55.4 Å². The van der Waals surface area contributed by atoms with Gasteiger partial charge in [-0.15, -0.1) is 0 Å². The van der Waals surface area contributed by atoms with E-state index in [1.165, 1.54) is 12.1 Å². The lowest BCUT2D eigenvalue weighted by Gasteiger charge is -2.38. The molecule has 1 aromatic heterocycles. The topological polar surface area (TPSA) is 87.0 Å². The van der Waals surface area contributed by atoms with Crippen LogP contribution in [0.3, 0.4) is 0 Å². The van der Waals surface area contributed by atoms with Gasteiger partial charge in [0.15, 0.2) is 0 Å². The minimum atomic E-state index is -4.39. The number of para-hydroxylation sites is 1. The van der Waals surface area contributed by atoms with E-state index in [0.717, 1.165) is 34.2 Å². The largest absolute Gasteiger partial charge is 0.488 e. The Kier molecular flexibility index (Phi) is 9.74. The molecule has 5 rings (SSSR count). The summed E-state index contributed by atoms with van der Waals surface area (Å²) in [7, 11) is 3.80. The molecule has 2 N–H and O–H groups in total. The Morgan fingerprint density at radius 3 is 2.54 bits per heavy atom. The molecule has 0 unspecified atom stereocenters. The van der Waals surface area contributed by atoms with Crippen molar-refractivity contribution in [1.82, 2.24) is 14.4 Å². The van der Waals surface area contributed by atoms with Crippen molar-refractivity contribution in [2.24, 2.45) is 13.0 Å². The van der Waals surface area contributed by atoms with Gasteiger partial charge in [-0.3, -0.25) is 14.5 Å². The van der Waals surface area contributed by atoms with Crippen molar-refractivity contribution in [2.75, 3.05) is 32.1 Å². The first-order valence-electron chi connectivity index (χ1n) is 15.2. The fourth-order valence-corrected chi connectivity index (χ4v) is 5.95. The number of benzene rings is 3. The first-order valence-corrected chi connectivity index (χ1v) is 15.2. The van der Waals surface area contributed by atoms with E-state index >= 15 is 0 Å². The van der Waals surface area contributed by atoms with E-state index in [4.69, 9.17) is 4.74 Å². The zero-order valence-corrected chi connectivity index (χ0v) is 26.3. The van der Waals surface area contributed by atoms with Crippen molar-refractivity contribution in [1.29, 1.82) is 0 Å². The first-order chi connectivity index (χ1) is 21.8. The van der Waals surface area contributed by atoms with Gasteiger partial charge >= 0.3 is 6.18 Å². The molecule has 1 aliphatic rings. The third-order valence-corrected chi connectivity index (χ3v) is 8.50. The quantitative estimate of drug-likeness (QED) is 0.245. The summed E-state index contributed by atoms with van der Waals surface area (Å²) < 4.78 is 47.4. The first kappa shape index (κ1) is 33.0. The van der Waals surface area contributed by atoms with E-state index in [9.17, 15) is 27.9 Å². The number of rotatable bonds is 9. The Bertz CT molecular complexity index is 1700. The van der Waals surface area contributed by atoms with E-state index in [-0.39, 0.29) is 42.4 Å². The van der Waals surface area contributed by atoms with E-state index in [1.807, 2.05) is 60.9 Å². The maximum absolute atomic E-state index is 13.8. The second kappa shape index (κ2) is 13.6. The smallest absolute Gasteiger partial charge is 0.416 e. The minimum Gasteiger partial charge on any atom is -0.488 e. The molecule has 4 aromatic rings. The molecule has 46 heavy (non-hydrogen) atoms. The fraction of sp³-hybridized carbons (Fsp3) is 0.371. The number of anilines is 1. The Balaban J connectivity index is 1.35. The summed E-state index contributed by atoms with van der Waals surface area (Å²) in [5.41, 5.74) is 2.67. The highest BCUT2D eigenvalue weighted by atomic mass is 19.4. The van der Waals surface area contributed by atoms with Crippen molar-refractivity contribution in [3.63, 3.8) is 0 Å². The second-order valence-electron chi connectivity index (χ2n) is 12.2. The molecule has 0 radical (unpaired) electrons. The summed E-state index contributed by atoms with van der Waals surface area (Å²) >= 11 is 0. The summed E-state index contributed by atoms with van der Waals surface area (Å²) in [5, 5.41) is 13.9. The summed E-state index contributed by atoms with van der Waals surface area (Å²) in [5.74, 6) is -0.328. The Morgan fingerprint density at radius 2 is 1.85 bits per heavy atom. The van der Waals surface area contributed by atoms with Crippen LogP contribution in [0.15, 0.2) is 72.9 Å². The SMILES string of the molecule is C[C@@H]1CN([C@H](C)CO)C(=O)c2cc(NC(=O)Cc3cn(C)c4ccccc34)ccc2O[C@@H]1CN(C)Cc1ccc(C(F)(F)F)cc1. The lowest BCUT2D eigenvalue weighted by atomic mass is 9.99. The number of carbonyl (C=O) groups excluding carboxylic acids is 2. The third-order valence-electron chi connectivity index (χ3n) is 8.50. The molecule has 0 saturated heterocycles. The lowest BCUT2D eigenvalue weighted by Crippen LogP contribution is -2.49. The van der Waals surface area contributed by atoms with Crippen molar-refractivity contribution < 1.29 is 32.6 Å². The zero-order chi connectivity index (χ0) is 33.2. The molecule has 1 aliphatic heterocycles. The highest BCUT2D eigenvalue weighted by Crippen LogP contribution is 2.32. The summed E-state index contributed by atoms with van der Waals surface area (Å²) in [6.07, 6.45) is -2.69. The van der Waals surface area contributed by atoms with Gasteiger partial charge < -0.3 is 24.6 Å². The lowest BCUT2D eigenvalue weighted by molar-refractivity contribution is -0.137. The summed E-state index contributed by atoms with van der Waals surface area (Å²) in [6, 6.07) is 17.5. The molecule has 2 heterocycles. The highest BCUT2D eigenvalue weighted by molar-refractivity contribution is 6.00. The number of carbonyl (C=O) groups is 2. The molecule has 8 nitrogen and oxygen atoms in total. The molecule has 0 bridgehead atoms. The van der Waals surface area contributed by atoms with Gasteiger partial charge in [-0.25, -0.2) is 0 Å². The van der Waals surface area contributed by atoms with Crippen molar-refractivity contribution >= 4 is 28.4 Å². The van der Waals surface area contributed by atoms with E-state index in [1.54, 1.807) is 30.0 Å². The van der Waals surface area contributed by atoms with Gasteiger partial charge in [0.05, 0.1) is 30.2 Å². The van der Waals surface area contributed by atoms with Crippen LogP contribution in [0, 0.1) is 5.92 Å². The number of aryl methyl sites for hydroxylation is 1. The maximum atomic E-state index is 13.8. The molecule has 11 heteroatoms. The Hall–Kier alpha value is -4.35. The highest BCUT2D eigenvalue weighted by Gasteiger charge is 2.34.